The van der Waals surface area contributed by atoms with E-state index in [4.69, 9.17) is 4.74 Å². The third kappa shape index (κ3) is 4.56. The van der Waals surface area contributed by atoms with E-state index < -0.39 is 15.8 Å². The van der Waals surface area contributed by atoms with Gasteiger partial charge in [0.1, 0.15) is 11.6 Å². The lowest BCUT2D eigenvalue weighted by Crippen LogP contribution is -2.54. The highest BCUT2D eigenvalue weighted by molar-refractivity contribution is 9.10. The number of hydrogen-bond acceptors (Lipinski definition) is 6. The number of ether oxygens (including phenoxy) is 1. The van der Waals surface area contributed by atoms with Crippen molar-refractivity contribution < 1.29 is 17.5 Å². The first-order valence-electron chi connectivity index (χ1n) is 8.73. The Morgan fingerprint density at radius 3 is 2.54 bits per heavy atom. The fraction of sp³-hybridized carbons (Fsp3) is 0.389. The minimum absolute atomic E-state index is 0.0576. The van der Waals surface area contributed by atoms with Crippen LogP contribution in [0.2, 0.25) is 0 Å². The van der Waals surface area contributed by atoms with Gasteiger partial charge < -0.3 is 15.0 Å². The van der Waals surface area contributed by atoms with Crippen LogP contribution in [0.5, 0.6) is 5.75 Å². The Hall–Kier alpha value is -1.91. The monoisotopic (exact) mass is 472 g/mol. The van der Waals surface area contributed by atoms with Crippen molar-refractivity contribution in [1.29, 1.82) is 0 Å². The van der Waals surface area contributed by atoms with Crippen LogP contribution in [0.3, 0.4) is 0 Å². The zero-order chi connectivity index (χ0) is 20.5. The molecule has 0 radical (unpaired) electrons. The molecule has 0 spiro atoms. The second-order valence-electron chi connectivity index (χ2n) is 6.78. The summed E-state index contributed by atoms with van der Waals surface area (Å²) < 4.78 is 47.1. The minimum atomic E-state index is -4.04. The summed E-state index contributed by atoms with van der Waals surface area (Å²) in [6, 6.07) is 7.61. The molecule has 1 aromatic heterocycles. The van der Waals surface area contributed by atoms with Crippen LogP contribution in [0.15, 0.2) is 39.7 Å². The number of hydrogen-bond donors (Lipinski definition) is 2. The largest absolute Gasteiger partial charge is 0.493 e. The number of aromatic nitrogens is 1. The number of benzene rings is 1. The summed E-state index contributed by atoms with van der Waals surface area (Å²) in [4.78, 5) is 6.35. The van der Waals surface area contributed by atoms with E-state index in [-0.39, 0.29) is 33.0 Å². The van der Waals surface area contributed by atoms with Crippen LogP contribution in [0.4, 0.5) is 16.0 Å². The molecule has 1 saturated heterocycles. The first kappa shape index (κ1) is 20.8. The van der Waals surface area contributed by atoms with E-state index in [1.807, 2.05) is 0 Å². The van der Waals surface area contributed by atoms with Crippen molar-refractivity contribution in [2.45, 2.75) is 30.8 Å². The zero-order valence-corrected chi connectivity index (χ0v) is 18.1. The Morgan fingerprint density at radius 1 is 1.25 bits per heavy atom. The zero-order valence-electron chi connectivity index (χ0n) is 15.7. The molecule has 0 bridgehead atoms. The highest BCUT2D eigenvalue weighted by Gasteiger charge is 2.24. The van der Waals surface area contributed by atoms with Gasteiger partial charge in [-0.3, -0.25) is 4.72 Å². The average molecular weight is 473 g/mol. The number of anilines is 2. The van der Waals surface area contributed by atoms with Gasteiger partial charge >= 0.3 is 0 Å². The van der Waals surface area contributed by atoms with E-state index in [1.54, 1.807) is 12.1 Å². The Labute approximate surface area is 172 Å². The highest BCUT2D eigenvalue weighted by Crippen LogP contribution is 2.29. The number of piperazine rings is 1. The Balaban J connectivity index is 1.93. The molecule has 28 heavy (non-hydrogen) atoms. The van der Waals surface area contributed by atoms with E-state index in [0.717, 1.165) is 19.2 Å². The molecule has 1 fully saturated rings. The number of nitrogens with zero attached hydrogens (tertiary/aromatic N) is 2. The summed E-state index contributed by atoms with van der Waals surface area (Å²) >= 11 is 3.02. The van der Waals surface area contributed by atoms with Crippen molar-refractivity contribution in [3.63, 3.8) is 0 Å². The maximum atomic E-state index is 13.8. The van der Waals surface area contributed by atoms with E-state index >= 15 is 0 Å². The summed E-state index contributed by atoms with van der Waals surface area (Å²) in [6.07, 6.45) is 0. The van der Waals surface area contributed by atoms with Gasteiger partial charge in [-0.05, 0) is 60.1 Å². The van der Waals surface area contributed by atoms with Gasteiger partial charge in [0.25, 0.3) is 10.0 Å². The number of pyridine rings is 1. The molecule has 2 atom stereocenters. The molecule has 0 aliphatic carbocycles. The molecule has 10 heteroatoms. The molecule has 3 rings (SSSR count). The van der Waals surface area contributed by atoms with E-state index in [2.05, 4.69) is 49.7 Å². The van der Waals surface area contributed by atoms with Crippen LogP contribution in [0.25, 0.3) is 0 Å². The Kier molecular flexibility index (Phi) is 6.11. The smallest absolute Gasteiger partial charge is 0.263 e. The van der Waals surface area contributed by atoms with Gasteiger partial charge in [0.2, 0.25) is 0 Å². The van der Waals surface area contributed by atoms with Gasteiger partial charge in [-0.1, -0.05) is 0 Å². The van der Waals surface area contributed by atoms with Crippen molar-refractivity contribution in [1.82, 2.24) is 10.3 Å². The first-order chi connectivity index (χ1) is 13.2. The van der Waals surface area contributed by atoms with Crippen molar-refractivity contribution in [3.8, 4) is 5.75 Å². The lowest BCUT2D eigenvalue weighted by molar-refractivity contribution is 0.403. The van der Waals surface area contributed by atoms with Gasteiger partial charge in [0, 0.05) is 25.2 Å². The summed E-state index contributed by atoms with van der Waals surface area (Å²) in [5.74, 6) is 0.310. The molecule has 1 aliphatic heterocycles. The number of sulfonamides is 1. The fourth-order valence-electron chi connectivity index (χ4n) is 3.19. The third-order valence-electron chi connectivity index (χ3n) is 4.38. The quantitative estimate of drug-likeness (QED) is 0.695. The van der Waals surface area contributed by atoms with Gasteiger partial charge in [-0.15, -0.1) is 0 Å². The molecule has 2 aromatic rings. The summed E-state index contributed by atoms with van der Waals surface area (Å²) in [7, 11) is -2.61. The topological polar surface area (TPSA) is 83.6 Å². The molecule has 0 unspecified atom stereocenters. The van der Waals surface area contributed by atoms with E-state index in [9.17, 15) is 12.8 Å². The lowest BCUT2D eigenvalue weighted by Gasteiger charge is -2.37. The predicted octanol–water partition coefficient (Wildman–Crippen LogP) is 2.98. The molecule has 1 aromatic carbocycles. The molecule has 2 heterocycles. The fourth-order valence-corrected chi connectivity index (χ4v) is 4.47. The van der Waals surface area contributed by atoms with E-state index in [1.165, 1.54) is 19.2 Å². The van der Waals surface area contributed by atoms with Crippen LogP contribution in [0.1, 0.15) is 13.8 Å². The van der Waals surface area contributed by atoms with Gasteiger partial charge in [0.05, 0.1) is 16.5 Å². The van der Waals surface area contributed by atoms with Crippen molar-refractivity contribution in [2.75, 3.05) is 29.8 Å². The molecule has 152 valence electrons. The second-order valence-corrected chi connectivity index (χ2v) is 9.31. The highest BCUT2D eigenvalue weighted by atomic mass is 79.9. The van der Waals surface area contributed by atoms with E-state index in [0.29, 0.717) is 5.82 Å². The minimum Gasteiger partial charge on any atom is -0.493 e. The molecular formula is C18H22BrFN4O3S. The normalized spacial score (nSPS) is 20.1. The molecule has 1 aliphatic rings. The van der Waals surface area contributed by atoms with Crippen LogP contribution >= 0.6 is 15.9 Å². The van der Waals surface area contributed by atoms with Crippen molar-refractivity contribution in [3.05, 3.63) is 40.6 Å². The van der Waals surface area contributed by atoms with Crippen molar-refractivity contribution in [2.24, 2.45) is 0 Å². The predicted molar refractivity (Wildman–Crippen MR) is 110 cm³/mol. The van der Waals surface area contributed by atoms with Gasteiger partial charge in [-0.2, -0.15) is 0 Å². The summed E-state index contributed by atoms with van der Waals surface area (Å²) in [5.41, 5.74) is 0. The molecule has 0 amide bonds. The standard InChI is InChI=1S/C18H22BrFN4O3S/c1-11-9-24(10-12(2)21-11)17-7-6-16(27-3)18(22-17)23-28(25,26)13-4-5-14(19)15(20)8-13/h4-8,11-12,21H,9-10H2,1-3H3,(H,22,23)/t11-,12+. The molecule has 7 nitrogen and oxygen atoms in total. The third-order valence-corrected chi connectivity index (χ3v) is 6.36. The van der Waals surface area contributed by atoms with Crippen LogP contribution in [0, 0.1) is 5.82 Å². The molecule has 0 saturated carbocycles. The number of nitrogens with one attached hydrogen (secondary N) is 2. The van der Waals surface area contributed by atoms with Gasteiger partial charge in [-0.25, -0.2) is 17.8 Å². The number of halogens is 2. The maximum Gasteiger partial charge on any atom is 0.263 e. The van der Waals surface area contributed by atoms with Gasteiger partial charge in [0.15, 0.2) is 11.6 Å². The second kappa shape index (κ2) is 8.22. The maximum absolute atomic E-state index is 13.8. The van der Waals surface area contributed by atoms with Crippen LogP contribution in [-0.2, 0) is 10.0 Å². The number of rotatable bonds is 5. The summed E-state index contributed by atoms with van der Waals surface area (Å²) in [5, 5.41) is 3.44. The first-order valence-corrected chi connectivity index (χ1v) is 11.0. The Bertz CT molecular complexity index is 963. The number of methoxy groups -OCH3 is 1. The molecular weight excluding hydrogens is 451 g/mol. The van der Waals surface area contributed by atoms with Crippen LogP contribution in [-0.4, -0.2) is 45.7 Å². The SMILES string of the molecule is COc1ccc(N2C[C@@H](C)N[C@@H](C)C2)nc1NS(=O)(=O)c1ccc(Br)c(F)c1. The lowest BCUT2D eigenvalue weighted by atomic mass is 10.1. The summed E-state index contributed by atoms with van der Waals surface area (Å²) in [6.45, 7) is 5.65. The average Bonchev–Trinajstić information content (AvgIpc) is 2.62. The Morgan fingerprint density at radius 2 is 1.93 bits per heavy atom. The van der Waals surface area contributed by atoms with Crippen molar-refractivity contribution >= 4 is 37.6 Å². The van der Waals surface area contributed by atoms with Crippen LogP contribution < -0.4 is 19.7 Å². The molecule has 2 N–H and O–H groups in total.